The zero-order chi connectivity index (χ0) is 14.2. The molecule has 1 aromatic rings. The molecule has 0 aromatic carbocycles. The van der Waals surface area contributed by atoms with Crippen LogP contribution in [0.2, 0.25) is 0 Å². The van der Waals surface area contributed by atoms with Crippen molar-refractivity contribution in [2.75, 3.05) is 13.1 Å². The fourth-order valence-corrected chi connectivity index (χ4v) is 3.62. The second kappa shape index (κ2) is 4.93. The van der Waals surface area contributed by atoms with Gasteiger partial charge in [-0.3, -0.25) is 4.79 Å². The van der Waals surface area contributed by atoms with Crippen LogP contribution in [0.4, 0.5) is 0 Å². The van der Waals surface area contributed by atoms with Crippen LogP contribution < -0.4 is 0 Å². The Bertz CT molecular complexity index is 566. The Balaban J connectivity index is 2.16. The van der Waals surface area contributed by atoms with Gasteiger partial charge in [-0.1, -0.05) is 0 Å². The monoisotopic (exact) mass is 287 g/mol. The molecule has 0 spiro atoms. The first-order valence-corrected chi connectivity index (χ1v) is 7.49. The molecule has 0 unspecified atom stereocenters. The number of aromatic nitrogens is 2. The van der Waals surface area contributed by atoms with Crippen LogP contribution in [0.3, 0.4) is 0 Å². The van der Waals surface area contributed by atoms with E-state index in [1.807, 2.05) is 0 Å². The highest BCUT2D eigenvalue weighted by molar-refractivity contribution is 7.89. The number of carbonyl (C=O) groups is 1. The fourth-order valence-electron chi connectivity index (χ4n) is 2.13. The lowest BCUT2D eigenvalue weighted by atomic mass is 9.99. The molecule has 19 heavy (non-hydrogen) atoms. The quantitative estimate of drug-likeness (QED) is 0.858. The molecule has 1 aromatic heterocycles. The minimum absolute atomic E-state index is 0.0290. The summed E-state index contributed by atoms with van der Waals surface area (Å²) in [7, 11) is -1.87. The normalized spacial score (nSPS) is 18.6. The Morgan fingerprint density at radius 1 is 1.42 bits per heavy atom. The summed E-state index contributed by atoms with van der Waals surface area (Å²) >= 11 is 0. The van der Waals surface area contributed by atoms with E-state index in [0.29, 0.717) is 18.7 Å². The molecule has 1 saturated heterocycles. The van der Waals surface area contributed by atoms with E-state index < -0.39 is 21.9 Å². The van der Waals surface area contributed by atoms with Crippen LogP contribution in [0.25, 0.3) is 0 Å². The lowest BCUT2D eigenvalue weighted by molar-refractivity contribution is -0.142. The SMILES string of the molecule is Cc1nc(S(=O)(=O)N2CCC(C(=O)O)CC2)cn1C. The molecule has 2 heterocycles. The highest BCUT2D eigenvalue weighted by Gasteiger charge is 2.33. The van der Waals surface area contributed by atoms with Gasteiger partial charge in [0, 0.05) is 26.3 Å². The van der Waals surface area contributed by atoms with Crippen molar-refractivity contribution in [2.24, 2.45) is 13.0 Å². The average Bonchev–Trinajstić information content (AvgIpc) is 2.70. The summed E-state index contributed by atoms with van der Waals surface area (Å²) in [4.78, 5) is 14.9. The first kappa shape index (κ1) is 14.0. The van der Waals surface area contributed by atoms with E-state index in [9.17, 15) is 13.2 Å². The number of imidazole rings is 1. The number of aliphatic carboxylic acids is 1. The maximum absolute atomic E-state index is 12.3. The van der Waals surface area contributed by atoms with Gasteiger partial charge >= 0.3 is 5.97 Å². The van der Waals surface area contributed by atoms with Crippen molar-refractivity contribution in [2.45, 2.75) is 24.8 Å². The Kier molecular flexibility index (Phi) is 3.64. The van der Waals surface area contributed by atoms with Gasteiger partial charge in [0.2, 0.25) is 0 Å². The molecule has 1 aliphatic heterocycles. The lowest BCUT2D eigenvalue weighted by Gasteiger charge is -2.28. The Morgan fingerprint density at radius 3 is 2.42 bits per heavy atom. The topological polar surface area (TPSA) is 92.5 Å². The summed E-state index contributed by atoms with van der Waals surface area (Å²) in [5.74, 6) is -0.679. The largest absolute Gasteiger partial charge is 0.481 e. The van der Waals surface area contributed by atoms with Gasteiger partial charge in [0.25, 0.3) is 10.0 Å². The van der Waals surface area contributed by atoms with Crippen LogP contribution in [-0.2, 0) is 21.9 Å². The Hall–Kier alpha value is -1.41. The zero-order valence-corrected chi connectivity index (χ0v) is 11.7. The highest BCUT2D eigenvalue weighted by atomic mass is 32.2. The maximum Gasteiger partial charge on any atom is 0.306 e. The fraction of sp³-hybridized carbons (Fsp3) is 0.636. The first-order valence-electron chi connectivity index (χ1n) is 6.05. The third kappa shape index (κ3) is 2.64. The van der Waals surface area contributed by atoms with E-state index in [4.69, 9.17) is 5.11 Å². The van der Waals surface area contributed by atoms with E-state index in [2.05, 4.69) is 4.98 Å². The summed E-state index contributed by atoms with van der Waals surface area (Å²) in [5.41, 5.74) is 0. The number of piperidine rings is 1. The molecule has 1 N–H and O–H groups in total. The van der Waals surface area contributed by atoms with Gasteiger partial charge in [0.15, 0.2) is 5.03 Å². The molecule has 106 valence electrons. The van der Waals surface area contributed by atoms with Crippen molar-refractivity contribution in [3.63, 3.8) is 0 Å². The summed E-state index contributed by atoms with van der Waals surface area (Å²) in [6.45, 7) is 2.19. The van der Waals surface area contributed by atoms with Crippen molar-refractivity contribution in [1.29, 1.82) is 0 Å². The average molecular weight is 287 g/mol. The first-order chi connectivity index (χ1) is 8.82. The Labute approximate surface area is 111 Å². The summed E-state index contributed by atoms with van der Waals surface area (Å²) in [6.07, 6.45) is 2.18. The van der Waals surface area contributed by atoms with Gasteiger partial charge < -0.3 is 9.67 Å². The van der Waals surface area contributed by atoms with E-state index >= 15 is 0 Å². The number of aryl methyl sites for hydroxylation is 2. The van der Waals surface area contributed by atoms with Gasteiger partial charge in [-0.05, 0) is 19.8 Å². The van der Waals surface area contributed by atoms with Crippen molar-refractivity contribution >= 4 is 16.0 Å². The van der Waals surface area contributed by atoms with Crippen LogP contribution in [-0.4, -0.2) is 46.4 Å². The second-order valence-electron chi connectivity index (χ2n) is 4.75. The van der Waals surface area contributed by atoms with Gasteiger partial charge in [-0.2, -0.15) is 4.31 Å². The standard InChI is InChI=1S/C11H17N3O4S/c1-8-12-10(7-13(8)2)19(17,18)14-5-3-9(4-6-14)11(15)16/h7,9H,3-6H2,1-2H3,(H,15,16). The molecule has 0 atom stereocenters. The maximum atomic E-state index is 12.3. The molecule has 8 heteroatoms. The molecular formula is C11H17N3O4S. The van der Waals surface area contributed by atoms with E-state index in [1.165, 1.54) is 10.5 Å². The van der Waals surface area contributed by atoms with Crippen molar-refractivity contribution in [3.05, 3.63) is 12.0 Å². The van der Waals surface area contributed by atoms with Gasteiger partial charge in [-0.25, -0.2) is 13.4 Å². The summed E-state index contributed by atoms with van der Waals surface area (Å²) in [5, 5.41) is 8.93. The van der Waals surface area contributed by atoms with Crippen LogP contribution in [0.15, 0.2) is 11.2 Å². The number of hydrogen-bond donors (Lipinski definition) is 1. The molecule has 0 saturated carbocycles. The highest BCUT2D eigenvalue weighted by Crippen LogP contribution is 2.23. The lowest BCUT2D eigenvalue weighted by Crippen LogP contribution is -2.40. The molecule has 1 aliphatic rings. The summed E-state index contributed by atoms with van der Waals surface area (Å²) < 4.78 is 27.6. The molecule has 2 rings (SSSR count). The van der Waals surface area contributed by atoms with Crippen LogP contribution >= 0.6 is 0 Å². The predicted molar refractivity (Wildman–Crippen MR) is 67.1 cm³/mol. The van der Waals surface area contributed by atoms with Crippen molar-refractivity contribution in [3.8, 4) is 0 Å². The molecule has 0 aliphatic carbocycles. The molecule has 0 amide bonds. The number of carboxylic acids is 1. The zero-order valence-electron chi connectivity index (χ0n) is 10.9. The number of hydrogen-bond acceptors (Lipinski definition) is 4. The van der Waals surface area contributed by atoms with Crippen LogP contribution in [0.1, 0.15) is 18.7 Å². The van der Waals surface area contributed by atoms with E-state index in [1.54, 1.807) is 18.5 Å². The number of nitrogens with zero attached hydrogens (tertiary/aromatic N) is 3. The predicted octanol–water partition coefficient (Wildman–Crippen LogP) is 0.214. The molecule has 1 fully saturated rings. The number of rotatable bonds is 3. The molecule has 0 radical (unpaired) electrons. The summed E-state index contributed by atoms with van der Waals surface area (Å²) in [6, 6.07) is 0. The minimum Gasteiger partial charge on any atom is -0.481 e. The second-order valence-corrected chi connectivity index (χ2v) is 6.64. The van der Waals surface area contributed by atoms with Crippen molar-refractivity contribution in [1.82, 2.24) is 13.9 Å². The van der Waals surface area contributed by atoms with Crippen LogP contribution in [0.5, 0.6) is 0 Å². The molecule has 0 bridgehead atoms. The third-order valence-corrected chi connectivity index (χ3v) is 5.26. The molecule has 7 nitrogen and oxygen atoms in total. The van der Waals surface area contributed by atoms with Gasteiger partial charge in [-0.15, -0.1) is 0 Å². The van der Waals surface area contributed by atoms with E-state index in [0.717, 1.165) is 0 Å². The van der Waals surface area contributed by atoms with Gasteiger partial charge in [0.1, 0.15) is 5.82 Å². The Morgan fingerprint density at radius 2 is 2.00 bits per heavy atom. The smallest absolute Gasteiger partial charge is 0.306 e. The number of sulfonamides is 1. The number of carboxylic acid groups (broad SMARTS) is 1. The van der Waals surface area contributed by atoms with Gasteiger partial charge in [0.05, 0.1) is 5.92 Å². The van der Waals surface area contributed by atoms with Crippen molar-refractivity contribution < 1.29 is 18.3 Å². The molecular weight excluding hydrogens is 270 g/mol. The third-order valence-electron chi connectivity index (χ3n) is 3.49. The van der Waals surface area contributed by atoms with E-state index in [-0.39, 0.29) is 18.1 Å². The van der Waals surface area contributed by atoms with Crippen LogP contribution in [0, 0.1) is 12.8 Å². The minimum atomic E-state index is -3.60.